The Morgan fingerprint density at radius 1 is 1.03 bits per heavy atom. The zero-order valence-electron chi connectivity index (χ0n) is 16.0. The van der Waals surface area contributed by atoms with Gasteiger partial charge in [0.1, 0.15) is 22.5 Å². The molecule has 0 atom stereocenters. The predicted octanol–water partition coefficient (Wildman–Crippen LogP) is 7.02. The first-order chi connectivity index (χ1) is 14.8. The Bertz CT molecular complexity index is 1090. The zero-order chi connectivity index (χ0) is 22.4. The molecule has 3 rings (SSSR count). The molecular formula is C21H17Cl5N2O3. The van der Waals surface area contributed by atoms with E-state index in [2.05, 4.69) is 10.3 Å². The molecule has 2 aromatic carbocycles. The molecule has 0 bridgehead atoms. The van der Waals surface area contributed by atoms with E-state index in [1.165, 1.54) is 6.08 Å². The number of rotatable bonds is 9. The first-order valence-electron chi connectivity index (χ1n) is 9.16. The fourth-order valence-corrected chi connectivity index (χ4v) is 3.61. The van der Waals surface area contributed by atoms with Crippen molar-refractivity contribution in [2.24, 2.45) is 0 Å². The largest absolute Gasteiger partial charge is 0.490 e. The van der Waals surface area contributed by atoms with Crippen molar-refractivity contribution < 1.29 is 14.3 Å². The van der Waals surface area contributed by atoms with Crippen LogP contribution in [0.2, 0.25) is 15.1 Å². The Morgan fingerprint density at radius 2 is 1.77 bits per heavy atom. The second-order valence-electron chi connectivity index (χ2n) is 6.39. The highest BCUT2D eigenvalue weighted by Crippen LogP contribution is 2.37. The molecule has 1 aromatic heterocycles. The van der Waals surface area contributed by atoms with Crippen LogP contribution >= 0.6 is 58.0 Å². The number of ether oxygens (including phenoxy) is 2. The van der Waals surface area contributed by atoms with Gasteiger partial charge in [-0.05, 0) is 36.8 Å². The molecular weight excluding hydrogens is 506 g/mol. The number of fused-ring (bicyclic) bond motifs is 1. The number of carbonyl (C=O) groups excluding carboxylic acids is 1. The molecule has 0 unspecified atom stereocenters. The standard InChI is InChI=1S/C21H17Cl5N2O3/c22-13-2-3-17-12(8-13)9-18(28-17)21(29)27-5-1-6-31-20-15(23)10-14(11-16(20)24)30-7-4-19(25)26/h2-4,8-11,28H,1,5-7H2,(H,27,29). The van der Waals surface area contributed by atoms with Gasteiger partial charge >= 0.3 is 0 Å². The number of aromatic amines is 1. The molecule has 0 saturated heterocycles. The molecule has 0 aliphatic rings. The van der Waals surface area contributed by atoms with Crippen LogP contribution in [0.5, 0.6) is 11.5 Å². The van der Waals surface area contributed by atoms with Gasteiger partial charge in [-0.3, -0.25) is 4.79 Å². The number of H-pyrrole nitrogens is 1. The number of amides is 1. The van der Waals surface area contributed by atoms with Crippen molar-refractivity contribution in [3.63, 3.8) is 0 Å². The molecule has 5 nitrogen and oxygen atoms in total. The molecule has 0 aliphatic heterocycles. The highest BCUT2D eigenvalue weighted by molar-refractivity contribution is 6.55. The summed E-state index contributed by atoms with van der Waals surface area (Å²) in [6.07, 6.45) is 2.05. The monoisotopic (exact) mass is 520 g/mol. The predicted molar refractivity (Wildman–Crippen MR) is 127 cm³/mol. The van der Waals surface area contributed by atoms with Crippen LogP contribution in [0, 0.1) is 0 Å². The molecule has 10 heteroatoms. The summed E-state index contributed by atoms with van der Waals surface area (Å²) in [5, 5.41) is 4.94. The lowest BCUT2D eigenvalue weighted by Crippen LogP contribution is -2.25. The number of carbonyl (C=O) groups is 1. The van der Waals surface area contributed by atoms with E-state index in [1.54, 1.807) is 30.3 Å². The third kappa shape index (κ3) is 6.86. The van der Waals surface area contributed by atoms with Crippen molar-refractivity contribution in [1.29, 1.82) is 0 Å². The second kappa shape index (κ2) is 11.2. The lowest BCUT2D eigenvalue weighted by Gasteiger charge is -2.12. The molecule has 0 radical (unpaired) electrons. The number of aromatic nitrogens is 1. The van der Waals surface area contributed by atoms with Gasteiger partial charge in [-0.2, -0.15) is 0 Å². The van der Waals surface area contributed by atoms with E-state index in [1.807, 2.05) is 6.07 Å². The zero-order valence-corrected chi connectivity index (χ0v) is 19.8. The summed E-state index contributed by atoms with van der Waals surface area (Å²) in [6, 6.07) is 10.3. The van der Waals surface area contributed by atoms with E-state index in [0.29, 0.717) is 51.8 Å². The molecule has 0 aliphatic carbocycles. The molecule has 164 valence electrons. The molecule has 1 amide bonds. The maximum atomic E-state index is 12.3. The first kappa shape index (κ1) is 23.9. The summed E-state index contributed by atoms with van der Waals surface area (Å²) in [7, 11) is 0. The Balaban J connectivity index is 1.46. The van der Waals surface area contributed by atoms with E-state index in [4.69, 9.17) is 67.5 Å². The highest BCUT2D eigenvalue weighted by atomic mass is 35.5. The third-order valence-electron chi connectivity index (χ3n) is 4.14. The molecule has 0 fully saturated rings. The van der Waals surface area contributed by atoms with Crippen LogP contribution in [0.25, 0.3) is 10.9 Å². The van der Waals surface area contributed by atoms with Crippen molar-refractivity contribution in [2.75, 3.05) is 19.8 Å². The van der Waals surface area contributed by atoms with Gasteiger partial charge in [-0.15, -0.1) is 0 Å². The Hall–Kier alpha value is -1.76. The van der Waals surface area contributed by atoms with Crippen molar-refractivity contribution in [1.82, 2.24) is 10.3 Å². The minimum atomic E-state index is -0.212. The third-order valence-corrected chi connectivity index (χ3v) is 5.25. The summed E-state index contributed by atoms with van der Waals surface area (Å²) in [4.78, 5) is 15.4. The summed E-state index contributed by atoms with van der Waals surface area (Å²) in [6.45, 7) is 0.905. The van der Waals surface area contributed by atoms with Gasteiger partial charge in [0.25, 0.3) is 5.91 Å². The van der Waals surface area contributed by atoms with E-state index in [0.717, 1.165) is 10.9 Å². The van der Waals surface area contributed by atoms with Crippen LogP contribution in [0.3, 0.4) is 0 Å². The van der Waals surface area contributed by atoms with Gasteiger partial charge in [0, 0.05) is 34.6 Å². The van der Waals surface area contributed by atoms with Crippen LogP contribution in [0.4, 0.5) is 0 Å². The van der Waals surface area contributed by atoms with Crippen molar-refractivity contribution in [3.8, 4) is 11.5 Å². The number of halogens is 5. The van der Waals surface area contributed by atoms with Crippen LogP contribution in [-0.2, 0) is 0 Å². The van der Waals surface area contributed by atoms with Gasteiger partial charge in [-0.25, -0.2) is 0 Å². The minimum absolute atomic E-state index is 0.109. The van der Waals surface area contributed by atoms with Crippen LogP contribution < -0.4 is 14.8 Å². The molecule has 31 heavy (non-hydrogen) atoms. The van der Waals surface area contributed by atoms with Gasteiger partial charge in [0.15, 0.2) is 5.75 Å². The van der Waals surface area contributed by atoms with Crippen molar-refractivity contribution in [3.05, 3.63) is 67.7 Å². The van der Waals surface area contributed by atoms with E-state index in [-0.39, 0.29) is 17.0 Å². The lowest BCUT2D eigenvalue weighted by molar-refractivity contribution is 0.0947. The fraction of sp³-hybridized carbons (Fsp3) is 0.190. The molecule has 3 aromatic rings. The molecule has 2 N–H and O–H groups in total. The van der Waals surface area contributed by atoms with Crippen LogP contribution in [0.1, 0.15) is 16.9 Å². The van der Waals surface area contributed by atoms with Gasteiger partial charge < -0.3 is 19.8 Å². The normalized spacial score (nSPS) is 10.7. The SMILES string of the molecule is O=C(NCCCOc1c(Cl)cc(OCC=C(Cl)Cl)cc1Cl)c1cc2cc(Cl)ccc2[nH]1. The van der Waals surface area contributed by atoms with E-state index >= 15 is 0 Å². The van der Waals surface area contributed by atoms with Gasteiger partial charge in [0.05, 0.1) is 16.7 Å². The second-order valence-corrected chi connectivity index (χ2v) is 8.65. The average molecular weight is 523 g/mol. The summed E-state index contributed by atoms with van der Waals surface area (Å²) >= 11 is 29.5. The highest BCUT2D eigenvalue weighted by Gasteiger charge is 2.12. The van der Waals surface area contributed by atoms with Crippen LogP contribution in [-0.4, -0.2) is 30.6 Å². The number of benzene rings is 2. The maximum absolute atomic E-state index is 12.3. The van der Waals surface area contributed by atoms with Gasteiger partial charge in [-0.1, -0.05) is 58.0 Å². The fourth-order valence-electron chi connectivity index (χ4n) is 2.73. The quantitative estimate of drug-likeness (QED) is 0.297. The lowest BCUT2D eigenvalue weighted by atomic mass is 10.2. The Morgan fingerprint density at radius 3 is 2.48 bits per heavy atom. The van der Waals surface area contributed by atoms with Crippen LogP contribution in [0.15, 0.2) is 47.0 Å². The van der Waals surface area contributed by atoms with E-state index in [9.17, 15) is 4.79 Å². The molecule has 0 spiro atoms. The number of nitrogens with one attached hydrogen (secondary N) is 2. The maximum Gasteiger partial charge on any atom is 0.267 e. The summed E-state index contributed by atoms with van der Waals surface area (Å²) in [5.41, 5.74) is 1.31. The topological polar surface area (TPSA) is 63.4 Å². The van der Waals surface area contributed by atoms with Crippen molar-refractivity contribution in [2.45, 2.75) is 6.42 Å². The Labute approximate surface area is 204 Å². The smallest absolute Gasteiger partial charge is 0.267 e. The van der Waals surface area contributed by atoms with Crippen molar-refractivity contribution >= 4 is 74.8 Å². The average Bonchev–Trinajstić information content (AvgIpc) is 3.12. The van der Waals surface area contributed by atoms with E-state index < -0.39 is 0 Å². The summed E-state index contributed by atoms with van der Waals surface area (Å²) < 4.78 is 11.2. The number of hydrogen-bond acceptors (Lipinski definition) is 3. The molecule has 0 saturated carbocycles. The summed E-state index contributed by atoms with van der Waals surface area (Å²) in [5.74, 6) is 0.594. The minimum Gasteiger partial charge on any atom is -0.490 e. The molecule has 1 heterocycles. The van der Waals surface area contributed by atoms with Gasteiger partial charge in [0.2, 0.25) is 0 Å². The Kier molecular flexibility index (Phi) is 8.64. The first-order valence-corrected chi connectivity index (χ1v) is 11.0. The number of hydrogen-bond donors (Lipinski definition) is 2.